The molecule has 1 aliphatic rings. The van der Waals surface area contributed by atoms with Crippen molar-refractivity contribution in [3.63, 3.8) is 0 Å². The van der Waals surface area contributed by atoms with Crippen LogP contribution in [0.5, 0.6) is 0 Å². The molecule has 1 aliphatic heterocycles. The molecule has 0 amide bonds. The number of rotatable bonds is 5. The van der Waals surface area contributed by atoms with Gasteiger partial charge in [0.2, 0.25) is 0 Å². The van der Waals surface area contributed by atoms with E-state index in [9.17, 15) is 0 Å². The highest BCUT2D eigenvalue weighted by atomic mass is 15.3. The second kappa shape index (κ2) is 5.65. The summed E-state index contributed by atoms with van der Waals surface area (Å²) in [5.74, 6) is 0. The zero-order chi connectivity index (χ0) is 12.3. The Balaban J connectivity index is 1.82. The summed E-state index contributed by atoms with van der Waals surface area (Å²) in [6.45, 7) is 7.59. The normalized spacial score (nSPS) is 23.1. The van der Waals surface area contributed by atoms with Crippen LogP contribution in [0.2, 0.25) is 0 Å². The summed E-state index contributed by atoms with van der Waals surface area (Å²) < 4.78 is 1.98. The van der Waals surface area contributed by atoms with Gasteiger partial charge < -0.3 is 10.2 Å². The predicted octanol–water partition coefficient (Wildman–Crippen LogP) is 1.65. The van der Waals surface area contributed by atoms with E-state index in [1.54, 1.807) is 0 Å². The third kappa shape index (κ3) is 3.07. The van der Waals surface area contributed by atoms with E-state index in [0.29, 0.717) is 12.1 Å². The van der Waals surface area contributed by atoms with Crippen LogP contribution in [0.4, 0.5) is 0 Å². The molecule has 2 heterocycles. The Labute approximate surface area is 104 Å². The zero-order valence-electron chi connectivity index (χ0n) is 11.2. The second-order valence-electron chi connectivity index (χ2n) is 5.04. The highest BCUT2D eigenvalue weighted by Gasteiger charge is 2.21. The summed E-state index contributed by atoms with van der Waals surface area (Å²) in [7, 11) is 2.22. The number of hydrogen-bond donors (Lipinski definition) is 1. The van der Waals surface area contributed by atoms with Gasteiger partial charge in [0.25, 0.3) is 0 Å². The van der Waals surface area contributed by atoms with Gasteiger partial charge in [-0.15, -0.1) is 0 Å². The number of nitrogens with zero attached hydrogens (tertiary/aromatic N) is 3. The fourth-order valence-corrected chi connectivity index (χ4v) is 2.44. The van der Waals surface area contributed by atoms with Gasteiger partial charge in [0.1, 0.15) is 0 Å². The fourth-order valence-electron chi connectivity index (χ4n) is 2.44. The molecule has 2 atom stereocenters. The molecule has 1 fully saturated rings. The van der Waals surface area contributed by atoms with Crippen molar-refractivity contribution in [1.82, 2.24) is 20.0 Å². The van der Waals surface area contributed by atoms with Crippen molar-refractivity contribution in [3.8, 4) is 0 Å². The lowest BCUT2D eigenvalue weighted by atomic mass is 10.1. The number of hydrogen-bond acceptors (Lipinski definition) is 3. The molecule has 17 heavy (non-hydrogen) atoms. The number of nitrogens with one attached hydrogen (secondary N) is 1. The molecule has 4 nitrogen and oxygen atoms in total. The van der Waals surface area contributed by atoms with Crippen molar-refractivity contribution in [2.45, 2.75) is 45.3 Å². The lowest BCUT2D eigenvalue weighted by molar-refractivity contribution is 0.293. The van der Waals surface area contributed by atoms with Crippen LogP contribution in [0.15, 0.2) is 12.4 Å². The SMILES string of the molecule is CCn1cc(C(C)NCC2CCCN2C)cn1. The standard InChI is InChI=1S/C13H24N4/c1-4-17-10-12(8-15-17)11(2)14-9-13-6-5-7-16(13)3/h8,10-11,13-14H,4-7,9H2,1-3H3. The van der Waals surface area contributed by atoms with E-state index in [4.69, 9.17) is 0 Å². The van der Waals surface area contributed by atoms with E-state index >= 15 is 0 Å². The number of aryl methyl sites for hydroxylation is 1. The van der Waals surface area contributed by atoms with Gasteiger partial charge in [-0.3, -0.25) is 4.68 Å². The number of likely N-dealkylation sites (N-methyl/N-ethyl adjacent to an activating group) is 1. The highest BCUT2D eigenvalue weighted by Crippen LogP contribution is 2.16. The monoisotopic (exact) mass is 236 g/mol. The summed E-state index contributed by atoms with van der Waals surface area (Å²) in [4.78, 5) is 2.45. The molecular weight excluding hydrogens is 212 g/mol. The Morgan fingerprint density at radius 3 is 3.00 bits per heavy atom. The van der Waals surface area contributed by atoms with Gasteiger partial charge in [0.05, 0.1) is 6.20 Å². The summed E-state index contributed by atoms with van der Waals surface area (Å²) >= 11 is 0. The first-order valence-electron chi connectivity index (χ1n) is 6.66. The van der Waals surface area contributed by atoms with E-state index < -0.39 is 0 Å². The molecule has 0 radical (unpaired) electrons. The van der Waals surface area contributed by atoms with Crippen molar-refractivity contribution < 1.29 is 0 Å². The summed E-state index contributed by atoms with van der Waals surface area (Å²) in [5.41, 5.74) is 1.28. The summed E-state index contributed by atoms with van der Waals surface area (Å²) in [6, 6.07) is 1.10. The zero-order valence-corrected chi connectivity index (χ0v) is 11.2. The van der Waals surface area contributed by atoms with Crippen molar-refractivity contribution in [3.05, 3.63) is 18.0 Å². The summed E-state index contributed by atoms with van der Waals surface area (Å²) in [6.07, 6.45) is 6.77. The van der Waals surface area contributed by atoms with E-state index in [1.807, 2.05) is 10.9 Å². The molecule has 1 aromatic heterocycles. The molecule has 1 saturated heterocycles. The fraction of sp³-hybridized carbons (Fsp3) is 0.769. The third-order valence-corrected chi connectivity index (χ3v) is 3.81. The van der Waals surface area contributed by atoms with E-state index in [0.717, 1.165) is 13.1 Å². The quantitative estimate of drug-likeness (QED) is 0.844. The average Bonchev–Trinajstić information content (AvgIpc) is 2.94. The molecular formula is C13H24N4. The largest absolute Gasteiger partial charge is 0.309 e. The Bertz CT molecular complexity index is 347. The van der Waals surface area contributed by atoms with Crippen LogP contribution in [0, 0.1) is 0 Å². The van der Waals surface area contributed by atoms with E-state index in [1.165, 1.54) is 24.9 Å². The average molecular weight is 236 g/mol. The van der Waals surface area contributed by atoms with Gasteiger partial charge in [-0.2, -0.15) is 5.10 Å². The van der Waals surface area contributed by atoms with Crippen molar-refractivity contribution in [1.29, 1.82) is 0 Å². The van der Waals surface area contributed by atoms with Crippen LogP contribution in [0.1, 0.15) is 38.3 Å². The highest BCUT2D eigenvalue weighted by molar-refractivity contribution is 5.09. The molecule has 0 aliphatic carbocycles. The molecule has 0 saturated carbocycles. The number of likely N-dealkylation sites (tertiary alicyclic amines) is 1. The van der Waals surface area contributed by atoms with Gasteiger partial charge >= 0.3 is 0 Å². The summed E-state index contributed by atoms with van der Waals surface area (Å²) in [5, 5.41) is 7.93. The molecule has 0 spiro atoms. The molecule has 0 bridgehead atoms. The minimum Gasteiger partial charge on any atom is -0.309 e. The Hall–Kier alpha value is -0.870. The second-order valence-corrected chi connectivity index (χ2v) is 5.04. The van der Waals surface area contributed by atoms with Crippen LogP contribution in [0.25, 0.3) is 0 Å². The molecule has 4 heteroatoms. The molecule has 2 unspecified atom stereocenters. The maximum atomic E-state index is 4.32. The maximum absolute atomic E-state index is 4.32. The van der Waals surface area contributed by atoms with Crippen LogP contribution in [0.3, 0.4) is 0 Å². The van der Waals surface area contributed by atoms with Crippen LogP contribution < -0.4 is 5.32 Å². The maximum Gasteiger partial charge on any atom is 0.0537 e. The van der Waals surface area contributed by atoms with Crippen LogP contribution in [-0.2, 0) is 6.54 Å². The Kier molecular flexibility index (Phi) is 4.18. The number of aromatic nitrogens is 2. The lowest BCUT2D eigenvalue weighted by Crippen LogP contribution is -2.36. The minimum absolute atomic E-state index is 0.393. The van der Waals surface area contributed by atoms with Gasteiger partial charge in [-0.25, -0.2) is 0 Å². The topological polar surface area (TPSA) is 33.1 Å². The molecule has 96 valence electrons. The third-order valence-electron chi connectivity index (χ3n) is 3.81. The van der Waals surface area contributed by atoms with Crippen molar-refractivity contribution in [2.24, 2.45) is 0 Å². The molecule has 1 N–H and O–H groups in total. The molecule has 2 rings (SSSR count). The van der Waals surface area contributed by atoms with Gasteiger partial charge in [-0.05, 0) is 40.3 Å². The van der Waals surface area contributed by atoms with E-state index in [2.05, 4.69) is 42.4 Å². The molecule has 1 aromatic rings. The Morgan fingerprint density at radius 1 is 1.59 bits per heavy atom. The van der Waals surface area contributed by atoms with Crippen LogP contribution in [-0.4, -0.2) is 40.9 Å². The van der Waals surface area contributed by atoms with Crippen molar-refractivity contribution >= 4 is 0 Å². The van der Waals surface area contributed by atoms with Gasteiger partial charge in [0, 0.05) is 36.9 Å². The minimum atomic E-state index is 0.393. The smallest absolute Gasteiger partial charge is 0.0537 e. The van der Waals surface area contributed by atoms with Gasteiger partial charge in [-0.1, -0.05) is 0 Å². The first-order valence-corrected chi connectivity index (χ1v) is 6.66. The first kappa shape index (κ1) is 12.6. The van der Waals surface area contributed by atoms with Gasteiger partial charge in [0.15, 0.2) is 0 Å². The first-order chi connectivity index (χ1) is 8.20. The van der Waals surface area contributed by atoms with Crippen molar-refractivity contribution in [2.75, 3.05) is 20.1 Å². The Morgan fingerprint density at radius 2 is 2.41 bits per heavy atom. The predicted molar refractivity (Wildman–Crippen MR) is 70.0 cm³/mol. The van der Waals surface area contributed by atoms with E-state index in [-0.39, 0.29) is 0 Å². The molecule has 0 aromatic carbocycles. The lowest BCUT2D eigenvalue weighted by Gasteiger charge is -2.22. The van der Waals surface area contributed by atoms with Crippen LogP contribution >= 0.6 is 0 Å².